The zero-order valence-corrected chi connectivity index (χ0v) is 13.6. The summed E-state index contributed by atoms with van der Waals surface area (Å²) in [5.41, 5.74) is 4.83. The lowest BCUT2D eigenvalue weighted by molar-refractivity contribution is 0.0693. The van der Waals surface area contributed by atoms with Gasteiger partial charge in [-0.2, -0.15) is 0 Å². The van der Waals surface area contributed by atoms with Gasteiger partial charge in [-0.05, 0) is 55.7 Å². The van der Waals surface area contributed by atoms with Crippen molar-refractivity contribution >= 4 is 0 Å². The number of hydrogen-bond acceptors (Lipinski definition) is 2. The Balaban J connectivity index is 2.10. The lowest BCUT2D eigenvalue weighted by atomic mass is 9.90. The van der Waals surface area contributed by atoms with Crippen LogP contribution >= 0.6 is 0 Å². The Morgan fingerprint density at radius 2 is 1.60 bits per heavy atom. The van der Waals surface area contributed by atoms with Gasteiger partial charge in [0.2, 0.25) is 0 Å². The minimum atomic E-state index is -0.368. The van der Waals surface area contributed by atoms with Crippen LogP contribution in [0.1, 0.15) is 48.6 Å². The average Bonchev–Trinajstić information content (AvgIpc) is 2.25. The number of hydrogen-bond donors (Lipinski definition) is 1. The van der Waals surface area contributed by atoms with Crippen molar-refractivity contribution in [2.45, 2.75) is 47.1 Å². The number of likely N-dealkylation sites (tertiary alicyclic amines) is 1. The van der Waals surface area contributed by atoms with Crippen molar-refractivity contribution < 1.29 is 5.11 Å². The molecule has 2 nitrogen and oxygen atoms in total. The van der Waals surface area contributed by atoms with E-state index in [-0.39, 0.29) is 6.10 Å². The first kappa shape index (κ1) is 15.5. The number of benzene rings is 1. The van der Waals surface area contributed by atoms with Crippen molar-refractivity contribution in [1.29, 1.82) is 0 Å². The summed E-state index contributed by atoms with van der Waals surface area (Å²) < 4.78 is 0. The van der Waals surface area contributed by atoms with Gasteiger partial charge in [-0.15, -0.1) is 0 Å². The van der Waals surface area contributed by atoms with Crippen LogP contribution in [0.4, 0.5) is 0 Å². The van der Waals surface area contributed by atoms with E-state index < -0.39 is 0 Å². The standard InChI is InChI=1S/C18H29NO/c1-12-7-15(4)18(16(5)8-12)17(20)11-19-9-13(2)6-14(3)10-19/h7-8,13-14,17,20H,6,9-11H2,1-5H3. The monoisotopic (exact) mass is 275 g/mol. The minimum absolute atomic E-state index is 0.368. The lowest BCUT2D eigenvalue weighted by Crippen LogP contribution is -2.41. The number of piperidine rings is 1. The van der Waals surface area contributed by atoms with Crippen LogP contribution in [0.3, 0.4) is 0 Å². The number of aryl methyl sites for hydroxylation is 3. The molecule has 1 fully saturated rings. The van der Waals surface area contributed by atoms with E-state index in [4.69, 9.17) is 0 Å². The quantitative estimate of drug-likeness (QED) is 0.910. The Hall–Kier alpha value is -0.860. The third-order valence-electron chi connectivity index (χ3n) is 4.45. The van der Waals surface area contributed by atoms with Gasteiger partial charge in [-0.3, -0.25) is 4.90 Å². The Bertz CT molecular complexity index is 435. The van der Waals surface area contributed by atoms with Gasteiger partial charge in [0.15, 0.2) is 0 Å². The minimum Gasteiger partial charge on any atom is -0.387 e. The van der Waals surface area contributed by atoms with Crippen molar-refractivity contribution in [2.75, 3.05) is 19.6 Å². The second-order valence-corrected chi connectivity index (χ2v) is 6.99. The summed E-state index contributed by atoms with van der Waals surface area (Å²) in [6.07, 6.45) is 0.947. The van der Waals surface area contributed by atoms with Crippen LogP contribution in [0.15, 0.2) is 12.1 Å². The molecule has 0 spiro atoms. The van der Waals surface area contributed by atoms with Gasteiger partial charge in [0.1, 0.15) is 0 Å². The van der Waals surface area contributed by atoms with Gasteiger partial charge in [0.05, 0.1) is 6.10 Å². The number of aliphatic hydroxyl groups excluding tert-OH is 1. The molecule has 0 aliphatic carbocycles. The molecule has 2 rings (SSSR count). The number of nitrogens with zero attached hydrogens (tertiary/aromatic N) is 1. The normalized spacial score (nSPS) is 25.7. The molecule has 20 heavy (non-hydrogen) atoms. The molecule has 1 saturated heterocycles. The van der Waals surface area contributed by atoms with E-state index in [1.165, 1.54) is 23.1 Å². The zero-order valence-electron chi connectivity index (χ0n) is 13.6. The van der Waals surface area contributed by atoms with Crippen LogP contribution in [0.25, 0.3) is 0 Å². The highest BCUT2D eigenvalue weighted by molar-refractivity contribution is 5.39. The molecule has 0 radical (unpaired) electrons. The lowest BCUT2D eigenvalue weighted by Gasteiger charge is -2.36. The molecule has 0 bridgehead atoms. The smallest absolute Gasteiger partial charge is 0.0922 e. The van der Waals surface area contributed by atoms with Crippen molar-refractivity contribution in [3.05, 3.63) is 34.4 Å². The number of β-amino-alcohol motifs (C(OH)–C–C–N with tert-alkyl or cyclic N) is 1. The molecule has 2 heteroatoms. The van der Waals surface area contributed by atoms with E-state index in [1.807, 2.05) is 0 Å². The summed E-state index contributed by atoms with van der Waals surface area (Å²) in [6.45, 7) is 14.0. The summed E-state index contributed by atoms with van der Waals surface area (Å²) in [6, 6.07) is 4.35. The third-order valence-corrected chi connectivity index (χ3v) is 4.45. The zero-order chi connectivity index (χ0) is 14.9. The number of aliphatic hydroxyl groups is 1. The van der Waals surface area contributed by atoms with E-state index in [0.717, 1.165) is 37.0 Å². The summed E-state index contributed by atoms with van der Waals surface area (Å²) in [5, 5.41) is 10.7. The maximum atomic E-state index is 10.7. The van der Waals surface area contributed by atoms with E-state index in [2.05, 4.69) is 51.7 Å². The summed E-state index contributed by atoms with van der Waals surface area (Å²) in [7, 11) is 0. The molecule has 1 aliphatic rings. The van der Waals surface area contributed by atoms with Crippen molar-refractivity contribution in [3.63, 3.8) is 0 Å². The Morgan fingerprint density at radius 1 is 1.10 bits per heavy atom. The highest BCUT2D eigenvalue weighted by Gasteiger charge is 2.24. The molecule has 1 heterocycles. The predicted molar refractivity (Wildman–Crippen MR) is 85.0 cm³/mol. The molecule has 112 valence electrons. The van der Waals surface area contributed by atoms with E-state index in [1.54, 1.807) is 0 Å². The first-order valence-electron chi connectivity index (χ1n) is 7.85. The molecule has 0 amide bonds. The van der Waals surface area contributed by atoms with Crippen molar-refractivity contribution in [2.24, 2.45) is 11.8 Å². The number of rotatable bonds is 3. The maximum Gasteiger partial charge on any atom is 0.0922 e. The van der Waals surface area contributed by atoms with Gasteiger partial charge in [-0.25, -0.2) is 0 Å². The average molecular weight is 275 g/mol. The Labute approximate surface area is 123 Å². The molecule has 3 atom stereocenters. The predicted octanol–water partition coefficient (Wildman–Crippen LogP) is 3.62. The summed E-state index contributed by atoms with van der Waals surface area (Å²) in [4.78, 5) is 2.43. The van der Waals surface area contributed by atoms with Crippen LogP contribution in [0.5, 0.6) is 0 Å². The SMILES string of the molecule is Cc1cc(C)c(C(O)CN2CC(C)CC(C)C2)c(C)c1. The molecule has 1 aliphatic heterocycles. The topological polar surface area (TPSA) is 23.5 Å². The van der Waals surface area contributed by atoms with E-state index in [0.29, 0.717) is 0 Å². The van der Waals surface area contributed by atoms with E-state index in [9.17, 15) is 5.11 Å². The highest BCUT2D eigenvalue weighted by atomic mass is 16.3. The molecule has 0 saturated carbocycles. The largest absolute Gasteiger partial charge is 0.387 e. The fourth-order valence-corrected chi connectivity index (χ4v) is 3.99. The van der Waals surface area contributed by atoms with Gasteiger partial charge >= 0.3 is 0 Å². The van der Waals surface area contributed by atoms with Crippen LogP contribution in [-0.2, 0) is 0 Å². The first-order valence-corrected chi connectivity index (χ1v) is 7.85. The second kappa shape index (κ2) is 6.28. The summed E-state index contributed by atoms with van der Waals surface area (Å²) in [5.74, 6) is 1.48. The third kappa shape index (κ3) is 3.62. The molecular formula is C18H29NO. The van der Waals surface area contributed by atoms with Crippen LogP contribution in [0, 0.1) is 32.6 Å². The van der Waals surface area contributed by atoms with Crippen molar-refractivity contribution in [3.8, 4) is 0 Å². The maximum absolute atomic E-state index is 10.7. The highest BCUT2D eigenvalue weighted by Crippen LogP contribution is 2.27. The van der Waals surface area contributed by atoms with Crippen molar-refractivity contribution in [1.82, 2.24) is 4.90 Å². The molecule has 1 N–H and O–H groups in total. The van der Waals surface area contributed by atoms with Gasteiger partial charge in [0, 0.05) is 19.6 Å². The fraction of sp³-hybridized carbons (Fsp3) is 0.667. The molecular weight excluding hydrogens is 246 g/mol. The van der Waals surface area contributed by atoms with Gasteiger partial charge in [0.25, 0.3) is 0 Å². The molecule has 1 aromatic carbocycles. The van der Waals surface area contributed by atoms with Crippen LogP contribution in [0.2, 0.25) is 0 Å². The summed E-state index contributed by atoms with van der Waals surface area (Å²) >= 11 is 0. The molecule has 0 aromatic heterocycles. The molecule has 1 aromatic rings. The van der Waals surface area contributed by atoms with E-state index >= 15 is 0 Å². The van der Waals surface area contributed by atoms with Gasteiger partial charge in [-0.1, -0.05) is 31.5 Å². The van der Waals surface area contributed by atoms with Crippen LogP contribution < -0.4 is 0 Å². The fourth-order valence-electron chi connectivity index (χ4n) is 3.99. The Morgan fingerprint density at radius 3 is 2.10 bits per heavy atom. The molecule has 3 unspecified atom stereocenters. The van der Waals surface area contributed by atoms with Gasteiger partial charge < -0.3 is 5.11 Å². The first-order chi connectivity index (χ1) is 9.36. The Kier molecular flexibility index (Phi) is 4.87. The van der Waals surface area contributed by atoms with Crippen LogP contribution in [-0.4, -0.2) is 29.6 Å². The second-order valence-electron chi connectivity index (χ2n) is 6.99.